The zero-order valence-electron chi connectivity index (χ0n) is 9.45. The van der Waals surface area contributed by atoms with Crippen molar-refractivity contribution in [2.45, 2.75) is 6.92 Å². The van der Waals surface area contributed by atoms with Crippen LogP contribution in [0.4, 0.5) is 4.39 Å². The average Bonchev–Trinajstić information content (AvgIpc) is 2.33. The predicted octanol–water partition coefficient (Wildman–Crippen LogP) is 5.04. The molecule has 0 nitrogen and oxygen atoms in total. The van der Waals surface area contributed by atoms with Crippen molar-refractivity contribution in [3.63, 3.8) is 0 Å². The molecule has 0 fully saturated rings. The Morgan fingerprint density at radius 2 is 1.71 bits per heavy atom. The van der Waals surface area contributed by atoms with E-state index in [1.807, 2.05) is 37.3 Å². The quantitative estimate of drug-likeness (QED) is 0.651. The second-order valence-electron chi connectivity index (χ2n) is 3.86. The van der Waals surface area contributed by atoms with Crippen LogP contribution in [-0.4, -0.2) is 0 Å². The fourth-order valence-electron chi connectivity index (χ4n) is 1.62. The van der Waals surface area contributed by atoms with Gasteiger partial charge in [0.1, 0.15) is 5.82 Å². The van der Waals surface area contributed by atoms with E-state index in [1.54, 1.807) is 12.1 Å². The van der Waals surface area contributed by atoms with Gasteiger partial charge in [-0.25, -0.2) is 4.39 Å². The summed E-state index contributed by atoms with van der Waals surface area (Å²) in [5.74, 6) is -0.223. The van der Waals surface area contributed by atoms with Crippen molar-refractivity contribution >= 4 is 23.3 Å². The SMILES string of the molecule is CC(=Cc1ccccc1Cl)c1ccc(F)cc1. The molecule has 0 radical (unpaired) electrons. The summed E-state index contributed by atoms with van der Waals surface area (Å²) in [6.07, 6.45) is 2.00. The standard InChI is InChI=1S/C15H12ClF/c1-11(12-6-8-14(17)9-7-12)10-13-4-2-3-5-15(13)16/h2-10H,1H3. The van der Waals surface area contributed by atoms with Gasteiger partial charge in [0.15, 0.2) is 0 Å². The van der Waals surface area contributed by atoms with Gasteiger partial charge in [-0.3, -0.25) is 0 Å². The maximum Gasteiger partial charge on any atom is 0.123 e. The Hall–Kier alpha value is -1.60. The van der Waals surface area contributed by atoms with Crippen LogP contribution in [-0.2, 0) is 0 Å². The highest BCUT2D eigenvalue weighted by atomic mass is 35.5. The van der Waals surface area contributed by atoms with Crippen LogP contribution in [0.1, 0.15) is 18.1 Å². The summed E-state index contributed by atoms with van der Waals surface area (Å²) in [5, 5.41) is 0.717. The Bertz CT molecular complexity index is 541. The van der Waals surface area contributed by atoms with Crippen LogP contribution < -0.4 is 0 Å². The number of hydrogen-bond donors (Lipinski definition) is 0. The first kappa shape index (κ1) is 11.9. The van der Waals surface area contributed by atoms with Crippen LogP contribution in [0.2, 0.25) is 5.02 Å². The highest BCUT2D eigenvalue weighted by molar-refractivity contribution is 6.32. The minimum atomic E-state index is -0.223. The first-order valence-electron chi connectivity index (χ1n) is 5.35. The van der Waals surface area contributed by atoms with Crippen molar-refractivity contribution in [3.05, 3.63) is 70.5 Å². The Labute approximate surface area is 105 Å². The maximum atomic E-state index is 12.8. The van der Waals surface area contributed by atoms with Gasteiger partial charge in [-0.05, 0) is 47.9 Å². The van der Waals surface area contributed by atoms with E-state index in [2.05, 4.69) is 0 Å². The van der Waals surface area contributed by atoms with Crippen LogP contribution in [0, 0.1) is 5.82 Å². The van der Waals surface area contributed by atoms with E-state index in [1.165, 1.54) is 12.1 Å². The molecule has 0 aliphatic heterocycles. The van der Waals surface area contributed by atoms with E-state index in [0.29, 0.717) is 5.02 Å². The summed E-state index contributed by atoms with van der Waals surface area (Å²) < 4.78 is 12.8. The lowest BCUT2D eigenvalue weighted by Gasteiger charge is -2.03. The second-order valence-corrected chi connectivity index (χ2v) is 4.26. The molecule has 0 aromatic heterocycles. The van der Waals surface area contributed by atoms with E-state index in [4.69, 9.17) is 11.6 Å². The molecule has 2 heteroatoms. The Morgan fingerprint density at radius 3 is 2.35 bits per heavy atom. The molecule has 2 rings (SSSR count). The lowest BCUT2D eigenvalue weighted by Crippen LogP contribution is -1.82. The van der Waals surface area contributed by atoms with Crippen LogP contribution in [0.3, 0.4) is 0 Å². The van der Waals surface area contributed by atoms with E-state index in [0.717, 1.165) is 16.7 Å². The third kappa shape index (κ3) is 2.95. The van der Waals surface area contributed by atoms with Crippen LogP contribution >= 0.6 is 11.6 Å². The molecule has 2 aromatic carbocycles. The third-order valence-electron chi connectivity index (χ3n) is 2.58. The molecule has 0 atom stereocenters. The van der Waals surface area contributed by atoms with Crippen LogP contribution in [0.25, 0.3) is 11.6 Å². The minimum Gasteiger partial charge on any atom is -0.207 e. The van der Waals surface area contributed by atoms with E-state index in [-0.39, 0.29) is 5.82 Å². The summed E-state index contributed by atoms with van der Waals surface area (Å²) >= 11 is 6.08. The summed E-state index contributed by atoms with van der Waals surface area (Å²) in [5.41, 5.74) is 3.01. The van der Waals surface area contributed by atoms with Crippen molar-refractivity contribution in [2.24, 2.45) is 0 Å². The molecule has 0 amide bonds. The molecular formula is C15H12ClF. The van der Waals surface area contributed by atoms with Crippen LogP contribution in [0.15, 0.2) is 48.5 Å². The summed E-state index contributed by atoms with van der Waals surface area (Å²) in [6, 6.07) is 14.1. The number of allylic oxidation sites excluding steroid dienone is 1. The Balaban J connectivity index is 2.34. The molecule has 86 valence electrons. The van der Waals surface area contributed by atoms with E-state index in [9.17, 15) is 4.39 Å². The van der Waals surface area contributed by atoms with Crippen molar-refractivity contribution in [1.82, 2.24) is 0 Å². The van der Waals surface area contributed by atoms with Gasteiger partial charge in [-0.1, -0.05) is 41.9 Å². The molecule has 0 bridgehead atoms. The monoisotopic (exact) mass is 246 g/mol. The van der Waals surface area contributed by atoms with Crippen molar-refractivity contribution in [1.29, 1.82) is 0 Å². The fourth-order valence-corrected chi connectivity index (χ4v) is 1.81. The molecule has 0 aliphatic carbocycles. The topological polar surface area (TPSA) is 0 Å². The van der Waals surface area contributed by atoms with Gasteiger partial charge < -0.3 is 0 Å². The Morgan fingerprint density at radius 1 is 1.06 bits per heavy atom. The van der Waals surface area contributed by atoms with Gasteiger partial charge in [-0.2, -0.15) is 0 Å². The molecule has 2 aromatic rings. The first-order valence-corrected chi connectivity index (χ1v) is 5.73. The summed E-state index contributed by atoms with van der Waals surface area (Å²) in [6.45, 7) is 1.98. The maximum absolute atomic E-state index is 12.8. The van der Waals surface area contributed by atoms with Gasteiger partial charge >= 0.3 is 0 Å². The molecule has 0 saturated heterocycles. The molecule has 0 saturated carbocycles. The largest absolute Gasteiger partial charge is 0.207 e. The van der Waals surface area contributed by atoms with Gasteiger partial charge in [0.2, 0.25) is 0 Å². The lowest BCUT2D eigenvalue weighted by atomic mass is 10.0. The second kappa shape index (κ2) is 5.15. The number of halogens is 2. The number of rotatable bonds is 2. The lowest BCUT2D eigenvalue weighted by molar-refractivity contribution is 0.627. The summed E-state index contributed by atoms with van der Waals surface area (Å²) in [4.78, 5) is 0. The van der Waals surface area contributed by atoms with Gasteiger partial charge in [0.25, 0.3) is 0 Å². The smallest absolute Gasteiger partial charge is 0.123 e. The first-order chi connectivity index (χ1) is 8.16. The van der Waals surface area contributed by atoms with Gasteiger partial charge in [-0.15, -0.1) is 0 Å². The number of hydrogen-bond acceptors (Lipinski definition) is 0. The average molecular weight is 247 g/mol. The summed E-state index contributed by atoms with van der Waals surface area (Å²) in [7, 11) is 0. The minimum absolute atomic E-state index is 0.223. The van der Waals surface area contributed by atoms with Crippen LogP contribution in [0.5, 0.6) is 0 Å². The normalized spacial score (nSPS) is 11.6. The van der Waals surface area contributed by atoms with Gasteiger partial charge in [0, 0.05) is 5.02 Å². The molecule has 0 N–H and O–H groups in total. The molecule has 0 heterocycles. The zero-order chi connectivity index (χ0) is 12.3. The number of benzene rings is 2. The molecule has 0 spiro atoms. The molecule has 0 unspecified atom stereocenters. The highest BCUT2D eigenvalue weighted by Crippen LogP contribution is 2.22. The molecule has 17 heavy (non-hydrogen) atoms. The zero-order valence-corrected chi connectivity index (χ0v) is 10.2. The Kier molecular flexibility index (Phi) is 3.60. The fraction of sp³-hybridized carbons (Fsp3) is 0.0667. The van der Waals surface area contributed by atoms with E-state index >= 15 is 0 Å². The van der Waals surface area contributed by atoms with Crippen molar-refractivity contribution in [3.8, 4) is 0 Å². The molecule has 0 aliphatic rings. The van der Waals surface area contributed by atoms with Gasteiger partial charge in [0.05, 0.1) is 0 Å². The highest BCUT2D eigenvalue weighted by Gasteiger charge is 1.99. The van der Waals surface area contributed by atoms with E-state index < -0.39 is 0 Å². The third-order valence-corrected chi connectivity index (χ3v) is 2.92. The van der Waals surface area contributed by atoms with Crippen molar-refractivity contribution in [2.75, 3.05) is 0 Å². The molecular weight excluding hydrogens is 235 g/mol. The van der Waals surface area contributed by atoms with Crippen molar-refractivity contribution < 1.29 is 4.39 Å². The predicted molar refractivity (Wildman–Crippen MR) is 71.4 cm³/mol.